The summed E-state index contributed by atoms with van der Waals surface area (Å²) in [5, 5.41) is 2.52. The molecule has 6 heteroatoms. The highest BCUT2D eigenvalue weighted by molar-refractivity contribution is 6.31. The van der Waals surface area contributed by atoms with Crippen LogP contribution < -0.4 is 5.56 Å². The van der Waals surface area contributed by atoms with Crippen molar-refractivity contribution in [1.29, 1.82) is 0 Å². The highest BCUT2D eigenvalue weighted by Crippen LogP contribution is 2.27. The van der Waals surface area contributed by atoms with E-state index in [4.69, 9.17) is 16.6 Å². The maximum absolute atomic E-state index is 12.4. The van der Waals surface area contributed by atoms with E-state index in [1.165, 1.54) is 16.5 Å². The molecule has 0 atom stereocenters. The predicted molar refractivity (Wildman–Crippen MR) is 118 cm³/mol. The van der Waals surface area contributed by atoms with Crippen molar-refractivity contribution in [2.75, 3.05) is 19.6 Å². The van der Waals surface area contributed by atoms with Crippen LogP contribution in [0, 0.1) is 0 Å². The van der Waals surface area contributed by atoms with Crippen molar-refractivity contribution in [3.63, 3.8) is 0 Å². The maximum atomic E-state index is 12.4. The summed E-state index contributed by atoms with van der Waals surface area (Å²) in [6.07, 6.45) is 5.18. The number of aromatic nitrogens is 3. The summed E-state index contributed by atoms with van der Waals surface area (Å²) in [6, 6.07) is 13.7. The van der Waals surface area contributed by atoms with Gasteiger partial charge in [0.1, 0.15) is 5.82 Å². The zero-order chi connectivity index (χ0) is 19.8. The smallest absolute Gasteiger partial charge is 0.258 e. The summed E-state index contributed by atoms with van der Waals surface area (Å²) in [6.45, 7) is 3.08. The Kier molecular flexibility index (Phi) is 4.86. The Balaban J connectivity index is 1.25. The lowest BCUT2D eigenvalue weighted by molar-refractivity contribution is 0.211. The van der Waals surface area contributed by atoms with Crippen molar-refractivity contribution in [1.82, 2.24) is 19.9 Å². The Bertz CT molecular complexity index is 1220. The number of benzene rings is 2. The van der Waals surface area contributed by atoms with Gasteiger partial charge in [0.15, 0.2) is 0 Å². The molecule has 5 rings (SSSR count). The van der Waals surface area contributed by atoms with Crippen LogP contribution in [0.2, 0.25) is 5.02 Å². The van der Waals surface area contributed by atoms with Crippen molar-refractivity contribution < 1.29 is 0 Å². The van der Waals surface area contributed by atoms with Gasteiger partial charge in [0.2, 0.25) is 0 Å². The monoisotopic (exact) mass is 406 g/mol. The van der Waals surface area contributed by atoms with E-state index in [0.717, 1.165) is 44.7 Å². The third-order valence-corrected chi connectivity index (χ3v) is 6.27. The van der Waals surface area contributed by atoms with E-state index in [0.29, 0.717) is 15.9 Å². The molecule has 2 aromatic carbocycles. The molecule has 29 heavy (non-hydrogen) atoms. The van der Waals surface area contributed by atoms with Gasteiger partial charge < -0.3 is 14.9 Å². The van der Waals surface area contributed by atoms with Gasteiger partial charge in [0.25, 0.3) is 5.56 Å². The molecule has 0 radical (unpaired) electrons. The number of para-hydroxylation sites is 1. The molecule has 0 aliphatic carbocycles. The molecule has 1 saturated heterocycles. The fraction of sp³-hybridized carbons (Fsp3) is 0.304. The minimum absolute atomic E-state index is 0.0802. The lowest BCUT2D eigenvalue weighted by Gasteiger charge is -2.31. The number of piperidine rings is 1. The van der Waals surface area contributed by atoms with Crippen LogP contribution in [0.1, 0.15) is 30.1 Å². The average molecular weight is 407 g/mol. The first kappa shape index (κ1) is 18.4. The van der Waals surface area contributed by atoms with Crippen molar-refractivity contribution in [2.45, 2.75) is 25.2 Å². The number of halogens is 1. The number of nitrogens with one attached hydrogen (secondary N) is 2. The molecular weight excluding hydrogens is 384 g/mol. The van der Waals surface area contributed by atoms with Crippen LogP contribution in [-0.2, 0) is 6.42 Å². The zero-order valence-electron chi connectivity index (χ0n) is 16.1. The average Bonchev–Trinajstić information content (AvgIpc) is 3.15. The highest BCUT2D eigenvalue weighted by atomic mass is 35.5. The van der Waals surface area contributed by atoms with Gasteiger partial charge in [-0.3, -0.25) is 4.79 Å². The van der Waals surface area contributed by atoms with Gasteiger partial charge >= 0.3 is 0 Å². The third-order valence-electron chi connectivity index (χ3n) is 6.03. The molecule has 0 bridgehead atoms. The van der Waals surface area contributed by atoms with Gasteiger partial charge in [-0.15, -0.1) is 0 Å². The Labute approximate surface area is 173 Å². The Morgan fingerprint density at radius 2 is 1.93 bits per heavy atom. The summed E-state index contributed by atoms with van der Waals surface area (Å²) in [7, 11) is 0. The summed E-state index contributed by atoms with van der Waals surface area (Å²) >= 11 is 6.08. The lowest BCUT2D eigenvalue weighted by Crippen LogP contribution is -2.35. The van der Waals surface area contributed by atoms with Gasteiger partial charge in [-0.2, -0.15) is 0 Å². The standard InChI is InChI=1S/C23H23ClN4O/c24-17-5-6-19-21(13-17)26-22(27-23(19)29)15-7-10-28(11-8-15)12-9-16-14-25-20-4-2-1-3-18(16)20/h1-6,13-15,25H,7-12H2,(H,26,27,29). The maximum Gasteiger partial charge on any atom is 0.258 e. The first-order valence-electron chi connectivity index (χ1n) is 10.1. The van der Waals surface area contributed by atoms with E-state index in [9.17, 15) is 4.79 Å². The van der Waals surface area contributed by atoms with Gasteiger partial charge in [-0.05, 0) is 62.2 Å². The summed E-state index contributed by atoms with van der Waals surface area (Å²) in [4.78, 5) is 26.0. The molecule has 2 N–H and O–H groups in total. The molecule has 1 fully saturated rings. The van der Waals surface area contributed by atoms with Crippen LogP contribution in [0.15, 0.2) is 53.5 Å². The second kappa shape index (κ2) is 7.65. The SMILES string of the molecule is O=c1[nH]c(C2CCN(CCc3c[nH]c4ccccc34)CC2)nc2cc(Cl)ccc12. The first-order chi connectivity index (χ1) is 14.2. The van der Waals surface area contributed by atoms with Crippen LogP contribution in [0.3, 0.4) is 0 Å². The fourth-order valence-electron chi connectivity index (χ4n) is 4.37. The number of hydrogen-bond acceptors (Lipinski definition) is 3. The summed E-state index contributed by atoms with van der Waals surface area (Å²) in [5.74, 6) is 1.08. The normalized spacial score (nSPS) is 16.0. The number of aromatic amines is 2. The van der Waals surface area contributed by atoms with Gasteiger partial charge in [0, 0.05) is 34.6 Å². The Hall–Kier alpha value is -2.63. The van der Waals surface area contributed by atoms with E-state index < -0.39 is 0 Å². The minimum Gasteiger partial charge on any atom is -0.361 e. The summed E-state index contributed by atoms with van der Waals surface area (Å²) in [5.41, 5.74) is 3.18. The molecule has 2 aromatic heterocycles. The minimum atomic E-state index is -0.0802. The molecule has 1 aliphatic rings. The molecule has 1 aliphatic heterocycles. The number of fused-ring (bicyclic) bond motifs is 2. The van der Waals surface area contributed by atoms with E-state index in [2.05, 4.69) is 45.3 Å². The zero-order valence-corrected chi connectivity index (χ0v) is 16.9. The molecule has 3 heterocycles. The summed E-state index contributed by atoms with van der Waals surface area (Å²) < 4.78 is 0. The Morgan fingerprint density at radius 1 is 1.10 bits per heavy atom. The van der Waals surface area contributed by atoms with E-state index >= 15 is 0 Å². The lowest BCUT2D eigenvalue weighted by atomic mass is 9.95. The van der Waals surface area contributed by atoms with Crippen molar-refractivity contribution in [3.05, 3.63) is 75.4 Å². The van der Waals surface area contributed by atoms with E-state index in [-0.39, 0.29) is 11.5 Å². The molecule has 0 amide bonds. The number of H-pyrrole nitrogens is 2. The van der Waals surface area contributed by atoms with Crippen molar-refractivity contribution in [3.8, 4) is 0 Å². The highest BCUT2D eigenvalue weighted by Gasteiger charge is 2.23. The fourth-order valence-corrected chi connectivity index (χ4v) is 4.54. The molecular formula is C23H23ClN4O. The molecule has 4 aromatic rings. The van der Waals surface area contributed by atoms with E-state index in [1.54, 1.807) is 18.2 Å². The number of likely N-dealkylation sites (tertiary alicyclic amines) is 1. The van der Waals surface area contributed by atoms with Gasteiger partial charge in [-0.1, -0.05) is 29.8 Å². The van der Waals surface area contributed by atoms with Crippen LogP contribution in [0.4, 0.5) is 0 Å². The quantitative estimate of drug-likeness (QED) is 0.525. The van der Waals surface area contributed by atoms with Gasteiger partial charge in [0.05, 0.1) is 10.9 Å². The molecule has 148 valence electrons. The van der Waals surface area contributed by atoms with Crippen LogP contribution in [0.25, 0.3) is 21.8 Å². The van der Waals surface area contributed by atoms with Crippen LogP contribution in [0.5, 0.6) is 0 Å². The van der Waals surface area contributed by atoms with Crippen LogP contribution in [-0.4, -0.2) is 39.5 Å². The topological polar surface area (TPSA) is 64.8 Å². The largest absolute Gasteiger partial charge is 0.361 e. The predicted octanol–water partition coefficient (Wildman–Crippen LogP) is 4.48. The molecule has 0 saturated carbocycles. The number of hydrogen-bond donors (Lipinski definition) is 2. The van der Waals surface area contributed by atoms with E-state index in [1.807, 2.05) is 0 Å². The first-order valence-corrected chi connectivity index (χ1v) is 10.5. The van der Waals surface area contributed by atoms with Crippen molar-refractivity contribution >= 4 is 33.4 Å². The second-order valence-electron chi connectivity index (χ2n) is 7.84. The molecule has 0 spiro atoms. The van der Waals surface area contributed by atoms with Gasteiger partial charge in [-0.25, -0.2) is 4.98 Å². The second-order valence-corrected chi connectivity index (χ2v) is 8.27. The van der Waals surface area contributed by atoms with Crippen molar-refractivity contribution in [2.24, 2.45) is 0 Å². The Morgan fingerprint density at radius 3 is 2.79 bits per heavy atom. The third kappa shape index (κ3) is 3.68. The molecule has 0 unspecified atom stereocenters. The number of nitrogens with zero attached hydrogens (tertiary/aromatic N) is 2. The molecule has 5 nitrogen and oxygen atoms in total. The number of rotatable bonds is 4. The van der Waals surface area contributed by atoms with Crippen LogP contribution >= 0.6 is 11.6 Å².